The lowest BCUT2D eigenvalue weighted by Gasteiger charge is -2.01. The van der Waals surface area contributed by atoms with E-state index < -0.39 is 0 Å². The molecular formula is C11H12FN3S. The predicted octanol–water partition coefficient (Wildman–Crippen LogP) is 2.53. The molecular weight excluding hydrogens is 225 g/mol. The summed E-state index contributed by atoms with van der Waals surface area (Å²) < 4.78 is 12.9. The number of hydrogen-bond donors (Lipinski definition) is 2. The summed E-state index contributed by atoms with van der Waals surface area (Å²) in [5.74, 6) is -0.260. The smallest absolute Gasteiger partial charge is 0.187 e. The minimum atomic E-state index is -0.260. The van der Waals surface area contributed by atoms with Gasteiger partial charge in [0.25, 0.3) is 0 Å². The van der Waals surface area contributed by atoms with Crippen LogP contribution in [0.1, 0.15) is 5.69 Å². The SMILES string of the molecule is NCCc1csc(Nc2cccc(F)c2)n1. The predicted molar refractivity (Wildman–Crippen MR) is 64.6 cm³/mol. The van der Waals surface area contributed by atoms with E-state index in [0.717, 1.165) is 17.2 Å². The zero-order chi connectivity index (χ0) is 11.4. The van der Waals surface area contributed by atoms with E-state index in [0.29, 0.717) is 12.2 Å². The number of hydrogen-bond acceptors (Lipinski definition) is 4. The molecule has 16 heavy (non-hydrogen) atoms. The Kier molecular flexibility index (Phi) is 3.48. The van der Waals surface area contributed by atoms with Gasteiger partial charge in [0.05, 0.1) is 5.69 Å². The van der Waals surface area contributed by atoms with E-state index in [1.165, 1.54) is 23.5 Å². The highest BCUT2D eigenvalue weighted by molar-refractivity contribution is 7.13. The second kappa shape index (κ2) is 5.05. The van der Waals surface area contributed by atoms with E-state index in [4.69, 9.17) is 5.73 Å². The van der Waals surface area contributed by atoms with Crippen molar-refractivity contribution in [3.8, 4) is 0 Å². The summed E-state index contributed by atoms with van der Waals surface area (Å²) in [6.45, 7) is 0.586. The summed E-state index contributed by atoms with van der Waals surface area (Å²) in [4.78, 5) is 4.33. The largest absolute Gasteiger partial charge is 0.331 e. The van der Waals surface area contributed by atoms with Crippen molar-refractivity contribution in [2.45, 2.75) is 6.42 Å². The third kappa shape index (κ3) is 2.77. The highest BCUT2D eigenvalue weighted by Crippen LogP contribution is 2.21. The van der Waals surface area contributed by atoms with Gasteiger partial charge in [0.2, 0.25) is 0 Å². The molecule has 0 amide bonds. The van der Waals surface area contributed by atoms with Crippen LogP contribution in [0.25, 0.3) is 0 Å². The Hall–Kier alpha value is -1.46. The van der Waals surface area contributed by atoms with Crippen LogP contribution in [0, 0.1) is 5.82 Å². The van der Waals surface area contributed by atoms with Gasteiger partial charge in [0.1, 0.15) is 5.82 Å². The van der Waals surface area contributed by atoms with Gasteiger partial charge in [-0.25, -0.2) is 9.37 Å². The lowest BCUT2D eigenvalue weighted by atomic mass is 10.3. The molecule has 1 aromatic carbocycles. The molecule has 3 N–H and O–H groups in total. The first-order valence-electron chi connectivity index (χ1n) is 4.95. The van der Waals surface area contributed by atoms with Crippen LogP contribution < -0.4 is 11.1 Å². The number of nitrogens with zero attached hydrogens (tertiary/aromatic N) is 1. The van der Waals surface area contributed by atoms with Crippen molar-refractivity contribution in [1.29, 1.82) is 0 Å². The second-order valence-electron chi connectivity index (χ2n) is 3.32. The van der Waals surface area contributed by atoms with E-state index in [-0.39, 0.29) is 5.82 Å². The molecule has 1 aromatic heterocycles. The lowest BCUT2D eigenvalue weighted by molar-refractivity contribution is 0.628. The van der Waals surface area contributed by atoms with E-state index in [1.807, 2.05) is 5.38 Å². The zero-order valence-electron chi connectivity index (χ0n) is 8.61. The molecule has 0 bridgehead atoms. The van der Waals surface area contributed by atoms with Gasteiger partial charge >= 0.3 is 0 Å². The highest BCUT2D eigenvalue weighted by atomic mass is 32.1. The number of nitrogens with two attached hydrogens (primary N) is 1. The molecule has 1 heterocycles. The van der Waals surface area contributed by atoms with Crippen molar-refractivity contribution in [2.24, 2.45) is 5.73 Å². The first-order valence-corrected chi connectivity index (χ1v) is 5.83. The van der Waals surface area contributed by atoms with Crippen LogP contribution in [0.3, 0.4) is 0 Å². The quantitative estimate of drug-likeness (QED) is 0.859. The summed E-state index contributed by atoms with van der Waals surface area (Å²) in [5, 5.41) is 5.76. The molecule has 0 spiro atoms. The zero-order valence-corrected chi connectivity index (χ0v) is 9.43. The molecule has 84 valence electrons. The number of anilines is 2. The minimum Gasteiger partial charge on any atom is -0.331 e. The van der Waals surface area contributed by atoms with Crippen LogP contribution in [0.15, 0.2) is 29.6 Å². The van der Waals surface area contributed by atoms with Crippen LogP contribution >= 0.6 is 11.3 Å². The topological polar surface area (TPSA) is 50.9 Å². The van der Waals surface area contributed by atoms with Gasteiger partial charge in [-0.15, -0.1) is 11.3 Å². The number of rotatable bonds is 4. The van der Waals surface area contributed by atoms with Gasteiger partial charge in [-0.05, 0) is 24.7 Å². The number of halogens is 1. The average molecular weight is 237 g/mol. The van der Waals surface area contributed by atoms with Gasteiger partial charge in [0.15, 0.2) is 5.13 Å². The molecule has 3 nitrogen and oxygen atoms in total. The maximum Gasteiger partial charge on any atom is 0.187 e. The Morgan fingerprint density at radius 3 is 3.06 bits per heavy atom. The normalized spacial score (nSPS) is 10.4. The molecule has 0 atom stereocenters. The van der Waals surface area contributed by atoms with Crippen molar-refractivity contribution in [3.63, 3.8) is 0 Å². The summed E-state index contributed by atoms with van der Waals surface area (Å²) in [6.07, 6.45) is 0.765. The van der Waals surface area contributed by atoms with Crippen molar-refractivity contribution in [2.75, 3.05) is 11.9 Å². The average Bonchev–Trinajstić information content (AvgIpc) is 2.66. The number of benzene rings is 1. The van der Waals surface area contributed by atoms with Gasteiger partial charge in [-0.3, -0.25) is 0 Å². The fraction of sp³-hybridized carbons (Fsp3) is 0.182. The first kappa shape index (κ1) is 11.0. The third-order valence-corrected chi connectivity index (χ3v) is 2.83. The lowest BCUT2D eigenvalue weighted by Crippen LogP contribution is -2.02. The van der Waals surface area contributed by atoms with Crippen LogP contribution in [0.2, 0.25) is 0 Å². The Labute approximate surface area is 97.1 Å². The summed E-state index contributed by atoms with van der Waals surface area (Å²) in [7, 11) is 0. The van der Waals surface area contributed by atoms with Crippen LogP contribution in [-0.4, -0.2) is 11.5 Å². The molecule has 5 heteroatoms. The first-order chi connectivity index (χ1) is 7.78. The van der Waals surface area contributed by atoms with Crippen LogP contribution in [0.5, 0.6) is 0 Å². The molecule has 0 saturated heterocycles. The van der Waals surface area contributed by atoms with Gasteiger partial charge < -0.3 is 11.1 Å². The second-order valence-corrected chi connectivity index (χ2v) is 4.18. The molecule has 2 rings (SSSR count). The number of nitrogens with one attached hydrogen (secondary N) is 1. The van der Waals surface area contributed by atoms with Gasteiger partial charge in [0, 0.05) is 17.5 Å². The van der Waals surface area contributed by atoms with E-state index in [9.17, 15) is 4.39 Å². The molecule has 0 aliphatic carbocycles. The molecule has 0 fully saturated rings. The monoisotopic (exact) mass is 237 g/mol. The van der Waals surface area contributed by atoms with Crippen LogP contribution in [-0.2, 0) is 6.42 Å². The summed E-state index contributed by atoms with van der Waals surface area (Å²) in [6, 6.07) is 6.30. The Morgan fingerprint density at radius 1 is 1.44 bits per heavy atom. The van der Waals surface area contributed by atoms with Crippen molar-refractivity contribution in [3.05, 3.63) is 41.2 Å². The number of thiazole rings is 1. The standard InChI is InChI=1S/C11H12FN3S/c12-8-2-1-3-9(6-8)14-11-15-10(4-5-13)7-16-11/h1-3,6-7H,4-5,13H2,(H,14,15). The third-order valence-electron chi connectivity index (χ3n) is 2.03. The Balaban J connectivity index is 2.08. The maximum absolute atomic E-state index is 12.9. The van der Waals surface area contributed by atoms with E-state index in [1.54, 1.807) is 12.1 Å². The van der Waals surface area contributed by atoms with E-state index >= 15 is 0 Å². The highest BCUT2D eigenvalue weighted by Gasteiger charge is 2.02. The minimum absolute atomic E-state index is 0.260. The van der Waals surface area contributed by atoms with Gasteiger partial charge in [-0.2, -0.15) is 0 Å². The molecule has 0 unspecified atom stereocenters. The van der Waals surface area contributed by atoms with Crippen molar-refractivity contribution < 1.29 is 4.39 Å². The Morgan fingerprint density at radius 2 is 2.31 bits per heavy atom. The summed E-state index contributed by atoms with van der Waals surface area (Å²) >= 11 is 1.49. The van der Waals surface area contributed by atoms with Crippen LogP contribution in [0.4, 0.5) is 15.2 Å². The van der Waals surface area contributed by atoms with Crippen molar-refractivity contribution in [1.82, 2.24) is 4.98 Å². The van der Waals surface area contributed by atoms with Gasteiger partial charge in [-0.1, -0.05) is 6.07 Å². The molecule has 0 radical (unpaired) electrons. The Bertz CT molecular complexity index is 470. The number of aromatic nitrogens is 1. The fourth-order valence-corrected chi connectivity index (χ4v) is 2.08. The van der Waals surface area contributed by atoms with E-state index in [2.05, 4.69) is 10.3 Å². The molecule has 0 aliphatic rings. The molecule has 0 saturated carbocycles. The molecule has 0 aliphatic heterocycles. The molecule has 2 aromatic rings. The van der Waals surface area contributed by atoms with Crippen molar-refractivity contribution >= 4 is 22.2 Å². The summed E-state index contributed by atoms with van der Waals surface area (Å²) in [5.41, 5.74) is 7.10. The maximum atomic E-state index is 12.9. The fourth-order valence-electron chi connectivity index (χ4n) is 1.32.